The van der Waals surface area contributed by atoms with Crippen LogP contribution in [-0.4, -0.2) is 67.7 Å². The summed E-state index contributed by atoms with van der Waals surface area (Å²) < 4.78 is 6.42. The van der Waals surface area contributed by atoms with Crippen LogP contribution in [0.4, 0.5) is 11.9 Å². The lowest BCUT2D eigenvalue weighted by Crippen LogP contribution is -2.31. The second-order valence-corrected chi connectivity index (χ2v) is 6.84. The highest BCUT2D eigenvalue weighted by Crippen LogP contribution is 2.19. The average molecular weight is 392 g/mol. The lowest BCUT2D eigenvalue weighted by atomic mass is 10.1. The SMILES string of the molecule is CCNc1nc(N2CCCCC2)nc(-n2cnc(SCC(=O)OCC)n2)n1. The van der Waals surface area contributed by atoms with Crippen molar-refractivity contribution in [1.29, 1.82) is 0 Å². The second kappa shape index (κ2) is 9.49. The fourth-order valence-electron chi connectivity index (χ4n) is 2.67. The van der Waals surface area contributed by atoms with Crippen LogP contribution in [0.3, 0.4) is 0 Å². The van der Waals surface area contributed by atoms with Gasteiger partial charge in [-0.25, -0.2) is 4.98 Å². The van der Waals surface area contributed by atoms with Gasteiger partial charge in [-0.2, -0.15) is 19.6 Å². The van der Waals surface area contributed by atoms with Crippen molar-refractivity contribution in [1.82, 2.24) is 29.7 Å². The molecule has 0 radical (unpaired) electrons. The number of aromatic nitrogens is 6. The number of thioether (sulfide) groups is 1. The number of hydrogen-bond donors (Lipinski definition) is 1. The number of nitrogens with zero attached hydrogens (tertiary/aromatic N) is 7. The minimum Gasteiger partial charge on any atom is -0.465 e. The van der Waals surface area contributed by atoms with Gasteiger partial charge in [-0.15, -0.1) is 5.10 Å². The number of ether oxygens (including phenoxy) is 1. The Kier molecular flexibility index (Phi) is 6.80. The Hall–Kier alpha value is -2.43. The maximum absolute atomic E-state index is 11.5. The summed E-state index contributed by atoms with van der Waals surface area (Å²) >= 11 is 1.22. The molecule has 0 aliphatic carbocycles. The van der Waals surface area contributed by atoms with Gasteiger partial charge in [-0.05, 0) is 33.1 Å². The molecule has 146 valence electrons. The molecule has 3 rings (SSSR count). The maximum atomic E-state index is 11.5. The first-order chi connectivity index (χ1) is 13.2. The molecular weight excluding hydrogens is 368 g/mol. The number of carbonyl (C=O) groups is 1. The van der Waals surface area contributed by atoms with Gasteiger partial charge in [-0.1, -0.05) is 11.8 Å². The quantitative estimate of drug-likeness (QED) is 0.524. The average Bonchev–Trinajstić information content (AvgIpc) is 3.17. The van der Waals surface area contributed by atoms with Gasteiger partial charge in [0, 0.05) is 19.6 Å². The number of rotatable bonds is 8. The van der Waals surface area contributed by atoms with E-state index in [0.717, 1.165) is 25.9 Å². The normalized spacial score (nSPS) is 14.2. The van der Waals surface area contributed by atoms with Crippen LogP contribution in [0.5, 0.6) is 0 Å². The van der Waals surface area contributed by atoms with Gasteiger partial charge in [0.2, 0.25) is 17.1 Å². The highest BCUT2D eigenvalue weighted by Gasteiger charge is 2.18. The van der Waals surface area contributed by atoms with Crippen LogP contribution in [0.1, 0.15) is 33.1 Å². The Morgan fingerprint density at radius 3 is 2.70 bits per heavy atom. The standard InChI is InChI=1S/C16H24N8O2S/c1-3-17-13-19-14(23-8-6-5-7-9-23)21-15(20-13)24-11-18-16(22-24)27-10-12(25)26-4-2/h11H,3-10H2,1-2H3,(H,17,19,20,21). The molecule has 0 unspecified atom stereocenters. The molecule has 0 atom stereocenters. The molecule has 2 aromatic heterocycles. The number of piperidine rings is 1. The monoisotopic (exact) mass is 392 g/mol. The first-order valence-electron chi connectivity index (χ1n) is 9.15. The van der Waals surface area contributed by atoms with Crippen molar-refractivity contribution >= 4 is 29.6 Å². The summed E-state index contributed by atoms with van der Waals surface area (Å²) in [6.45, 7) is 6.71. The molecule has 1 saturated heterocycles. The molecule has 3 heterocycles. The summed E-state index contributed by atoms with van der Waals surface area (Å²) in [5.74, 6) is 1.43. The molecule has 11 heteroatoms. The molecule has 2 aromatic rings. The molecule has 0 saturated carbocycles. The maximum Gasteiger partial charge on any atom is 0.316 e. The highest BCUT2D eigenvalue weighted by molar-refractivity contribution is 7.99. The predicted molar refractivity (Wildman–Crippen MR) is 102 cm³/mol. The van der Waals surface area contributed by atoms with Crippen molar-refractivity contribution in [2.45, 2.75) is 38.3 Å². The number of anilines is 2. The fourth-order valence-corrected chi connectivity index (χ4v) is 3.26. The fraction of sp³-hybridized carbons (Fsp3) is 0.625. The van der Waals surface area contributed by atoms with Crippen LogP contribution in [0.15, 0.2) is 11.5 Å². The molecule has 0 bridgehead atoms. The van der Waals surface area contributed by atoms with Crippen molar-refractivity contribution in [3.05, 3.63) is 6.33 Å². The van der Waals surface area contributed by atoms with Gasteiger partial charge in [0.25, 0.3) is 5.95 Å². The Balaban J connectivity index is 1.78. The van der Waals surface area contributed by atoms with E-state index >= 15 is 0 Å². The number of nitrogens with one attached hydrogen (secondary N) is 1. The smallest absolute Gasteiger partial charge is 0.316 e. The van der Waals surface area contributed by atoms with Crippen molar-refractivity contribution in [3.8, 4) is 5.95 Å². The minimum atomic E-state index is -0.291. The van der Waals surface area contributed by atoms with Gasteiger partial charge in [0.15, 0.2) is 0 Å². The number of hydrogen-bond acceptors (Lipinski definition) is 10. The molecule has 10 nitrogen and oxygen atoms in total. The van der Waals surface area contributed by atoms with Crippen LogP contribution >= 0.6 is 11.8 Å². The highest BCUT2D eigenvalue weighted by atomic mass is 32.2. The molecule has 1 aliphatic rings. The lowest BCUT2D eigenvalue weighted by Gasteiger charge is -2.26. The summed E-state index contributed by atoms with van der Waals surface area (Å²) in [5, 5.41) is 7.97. The lowest BCUT2D eigenvalue weighted by molar-refractivity contribution is -0.139. The van der Waals surface area contributed by atoms with E-state index in [2.05, 4.69) is 35.3 Å². The minimum absolute atomic E-state index is 0.163. The molecule has 1 N–H and O–H groups in total. The summed E-state index contributed by atoms with van der Waals surface area (Å²) in [7, 11) is 0. The third-order valence-electron chi connectivity index (χ3n) is 3.89. The zero-order chi connectivity index (χ0) is 19.1. The molecule has 0 amide bonds. The van der Waals surface area contributed by atoms with E-state index in [1.807, 2.05) is 6.92 Å². The Bertz CT molecular complexity index is 763. The second-order valence-electron chi connectivity index (χ2n) is 5.90. The third-order valence-corrected chi connectivity index (χ3v) is 4.71. The number of carbonyl (C=O) groups excluding carboxylic acids is 1. The summed E-state index contributed by atoms with van der Waals surface area (Å²) in [4.78, 5) is 31.4. The van der Waals surface area contributed by atoms with Crippen LogP contribution in [0.25, 0.3) is 5.95 Å². The zero-order valence-corrected chi connectivity index (χ0v) is 16.4. The van der Waals surface area contributed by atoms with E-state index < -0.39 is 0 Å². The summed E-state index contributed by atoms with van der Waals surface area (Å²) in [6.07, 6.45) is 5.04. The van der Waals surface area contributed by atoms with E-state index in [4.69, 9.17) is 4.74 Å². The topological polar surface area (TPSA) is 111 Å². The van der Waals surface area contributed by atoms with E-state index in [9.17, 15) is 4.79 Å². The van der Waals surface area contributed by atoms with Crippen molar-refractivity contribution in [3.63, 3.8) is 0 Å². The Morgan fingerprint density at radius 1 is 1.19 bits per heavy atom. The first-order valence-corrected chi connectivity index (χ1v) is 10.1. The van der Waals surface area contributed by atoms with Gasteiger partial charge in [-0.3, -0.25) is 4.79 Å². The van der Waals surface area contributed by atoms with E-state index in [1.165, 1.54) is 22.9 Å². The largest absolute Gasteiger partial charge is 0.465 e. The Morgan fingerprint density at radius 2 is 1.96 bits per heavy atom. The van der Waals surface area contributed by atoms with E-state index in [0.29, 0.717) is 36.2 Å². The number of esters is 1. The van der Waals surface area contributed by atoms with Gasteiger partial charge < -0.3 is 15.0 Å². The summed E-state index contributed by atoms with van der Waals surface area (Å²) in [5.41, 5.74) is 0. The predicted octanol–water partition coefficient (Wildman–Crippen LogP) is 1.53. The molecule has 27 heavy (non-hydrogen) atoms. The van der Waals surface area contributed by atoms with Crippen LogP contribution in [0.2, 0.25) is 0 Å². The molecule has 0 spiro atoms. The van der Waals surface area contributed by atoms with Crippen molar-refractivity contribution in [2.24, 2.45) is 0 Å². The third kappa shape index (κ3) is 5.28. The van der Waals surface area contributed by atoms with Gasteiger partial charge in [0.1, 0.15) is 6.33 Å². The molecule has 1 aliphatic heterocycles. The summed E-state index contributed by atoms with van der Waals surface area (Å²) in [6, 6.07) is 0. The van der Waals surface area contributed by atoms with Crippen LogP contribution in [0, 0.1) is 0 Å². The zero-order valence-electron chi connectivity index (χ0n) is 15.6. The van der Waals surface area contributed by atoms with Crippen LogP contribution < -0.4 is 10.2 Å². The first kappa shape index (κ1) is 19.3. The Labute approximate surface area is 162 Å². The van der Waals surface area contributed by atoms with E-state index in [-0.39, 0.29) is 11.7 Å². The van der Waals surface area contributed by atoms with Crippen molar-refractivity contribution < 1.29 is 9.53 Å². The van der Waals surface area contributed by atoms with Crippen molar-refractivity contribution in [2.75, 3.05) is 42.2 Å². The van der Waals surface area contributed by atoms with Gasteiger partial charge in [0.05, 0.1) is 12.4 Å². The van der Waals surface area contributed by atoms with E-state index in [1.54, 1.807) is 13.3 Å². The molecular formula is C16H24N8O2S. The molecule has 1 fully saturated rings. The van der Waals surface area contributed by atoms with Gasteiger partial charge >= 0.3 is 5.97 Å². The molecule has 0 aromatic carbocycles. The van der Waals surface area contributed by atoms with Crippen LogP contribution in [-0.2, 0) is 9.53 Å².